The van der Waals surface area contributed by atoms with Gasteiger partial charge in [0.15, 0.2) is 5.82 Å². The SMILES string of the molecule is CC(C)N1CCN(c2cccc(Cl)c2NC(=O)N2C[C@H]3CC(c4noc(C5CC5)n4)C[C@H]3C2)CC1. The number of benzene rings is 1. The summed E-state index contributed by atoms with van der Waals surface area (Å²) in [5.74, 6) is 3.51. The van der Waals surface area contributed by atoms with E-state index in [1.54, 1.807) is 0 Å². The first-order valence-electron chi connectivity index (χ1n) is 13.1. The van der Waals surface area contributed by atoms with Crippen LogP contribution in [0.1, 0.15) is 63.1 Å². The molecule has 3 heterocycles. The van der Waals surface area contributed by atoms with Gasteiger partial charge in [0.2, 0.25) is 5.89 Å². The lowest BCUT2D eigenvalue weighted by atomic mass is 10.0. The van der Waals surface area contributed by atoms with Crippen LogP contribution in [0, 0.1) is 11.8 Å². The van der Waals surface area contributed by atoms with Gasteiger partial charge in [0, 0.05) is 57.1 Å². The van der Waals surface area contributed by atoms with Gasteiger partial charge in [-0.25, -0.2) is 4.79 Å². The minimum atomic E-state index is -0.0540. The molecule has 4 aliphatic rings. The lowest BCUT2D eigenvalue weighted by Crippen LogP contribution is -2.49. The monoisotopic (exact) mass is 498 g/mol. The molecular formula is C26H35ClN6O2. The fourth-order valence-corrected chi connectivity index (χ4v) is 6.37. The molecule has 0 spiro atoms. The van der Waals surface area contributed by atoms with Crippen LogP contribution in [-0.2, 0) is 0 Å². The van der Waals surface area contributed by atoms with Crippen molar-refractivity contribution in [2.75, 3.05) is 49.5 Å². The van der Waals surface area contributed by atoms with Gasteiger partial charge >= 0.3 is 6.03 Å². The predicted octanol–water partition coefficient (Wildman–Crippen LogP) is 4.79. The van der Waals surface area contributed by atoms with Gasteiger partial charge < -0.3 is 19.6 Å². The second kappa shape index (κ2) is 9.28. The number of likely N-dealkylation sites (tertiary alicyclic amines) is 1. The Morgan fingerprint density at radius 3 is 2.46 bits per heavy atom. The Labute approximate surface area is 212 Å². The Morgan fingerprint density at radius 2 is 1.80 bits per heavy atom. The summed E-state index contributed by atoms with van der Waals surface area (Å²) in [4.78, 5) is 24.8. The van der Waals surface area contributed by atoms with Crippen molar-refractivity contribution < 1.29 is 9.32 Å². The van der Waals surface area contributed by atoms with E-state index in [4.69, 9.17) is 16.1 Å². The van der Waals surface area contributed by atoms with E-state index in [0.717, 1.165) is 75.2 Å². The summed E-state index contributed by atoms with van der Waals surface area (Å²) in [7, 11) is 0. The highest BCUT2D eigenvalue weighted by Crippen LogP contribution is 2.47. The number of urea groups is 1. The zero-order chi connectivity index (χ0) is 24.1. The fourth-order valence-electron chi connectivity index (χ4n) is 6.15. The van der Waals surface area contributed by atoms with Gasteiger partial charge in [-0.15, -0.1) is 0 Å². The maximum Gasteiger partial charge on any atom is 0.321 e. The first-order valence-corrected chi connectivity index (χ1v) is 13.5. The van der Waals surface area contributed by atoms with Crippen LogP contribution in [0.5, 0.6) is 0 Å². The molecule has 188 valence electrons. The van der Waals surface area contributed by atoms with Crippen molar-refractivity contribution in [3.05, 3.63) is 34.9 Å². The van der Waals surface area contributed by atoms with Gasteiger partial charge in [0.25, 0.3) is 0 Å². The summed E-state index contributed by atoms with van der Waals surface area (Å²) >= 11 is 6.60. The first-order chi connectivity index (χ1) is 17.0. The molecule has 9 heteroatoms. The Morgan fingerprint density at radius 1 is 1.09 bits per heavy atom. The standard InChI is InChI=1S/C26H35ClN6O2/c1-16(2)31-8-10-32(11-9-31)22-5-3-4-21(27)23(22)28-26(34)33-14-19-12-18(13-20(19)15-33)24-29-25(35-30-24)17-6-7-17/h3-5,16-20H,6-15H2,1-2H3,(H,28,34)/t18?,19-,20+. The number of halogens is 1. The number of nitrogens with zero attached hydrogens (tertiary/aromatic N) is 5. The molecule has 2 amide bonds. The number of piperazine rings is 1. The van der Waals surface area contributed by atoms with Crippen molar-refractivity contribution in [1.29, 1.82) is 0 Å². The molecule has 1 aromatic heterocycles. The third-order valence-corrected chi connectivity index (χ3v) is 8.71. The van der Waals surface area contributed by atoms with Crippen LogP contribution in [0.4, 0.5) is 16.2 Å². The Balaban J connectivity index is 1.08. The topological polar surface area (TPSA) is 77.7 Å². The van der Waals surface area contributed by atoms with E-state index in [-0.39, 0.29) is 6.03 Å². The maximum absolute atomic E-state index is 13.3. The van der Waals surface area contributed by atoms with Gasteiger partial charge in [-0.1, -0.05) is 22.8 Å². The molecule has 3 atom stereocenters. The summed E-state index contributed by atoms with van der Waals surface area (Å²) in [5, 5.41) is 8.03. The van der Waals surface area contributed by atoms with Crippen LogP contribution >= 0.6 is 11.6 Å². The quantitative estimate of drug-likeness (QED) is 0.638. The Kier molecular flexibility index (Phi) is 6.13. The molecule has 6 rings (SSSR count). The van der Waals surface area contributed by atoms with Crippen molar-refractivity contribution in [3.63, 3.8) is 0 Å². The highest BCUT2D eigenvalue weighted by atomic mass is 35.5. The van der Waals surface area contributed by atoms with Crippen LogP contribution in [0.25, 0.3) is 0 Å². The Bertz CT molecular complexity index is 1060. The predicted molar refractivity (Wildman–Crippen MR) is 136 cm³/mol. The zero-order valence-corrected chi connectivity index (χ0v) is 21.4. The van der Waals surface area contributed by atoms with Crippen LogP contribution in [0.15, 0.2) is 22.7 Å². The number of carbonyl (C=O) groups is 1. The van der Waals surface area contributed by atoms with Crippen LogP contribution < -0.4 is 10.2 Å². The second-order valence-corrected chi connectivity index (χ2v) is 11.4. The number of aromatic nitrogens is 2. The van der Waals surface area contributed by atoms with E-state index in [9.17, 15) is 4.79 Å². The number of hydrogen-bond acceptors (Lipinski definition) is 6. The molecule has 1 N–H and O–H groups in total. The third kappa shape index (κ3) is 4.62. The highest BCUT2D eigenvalue weighted by Gasteiger charge is 2.44. The van der Waals surface area contributed by atoms with Crippen LogP contribution in [0.3, 0.4) is 0 Å². The van der Waals surface area contributed by atoms with Gasteiger partial charge in [-0.05, 0) is 63.5 Å². The summed E-state index contributed by atoms with van der Waals surface area (Å²) in [6.45, 7) is 9.89. The van der Waals surface area contributed by atoms with E-state index < -0.39 is 0 Å². The fraction of sp³-hybridized carbons (Fsp3) is 0.654. The van der Waals surface area contributed by atoms with E-state index in [0.29, 0.717) is 34.7 Å². The van der Waals surface area contributed by atoms with Gasteiger partial charge in [-0.2, -0.15) is 4.98 Å². The number of rotatable bonds is 5. The number of carbonyl (C=O) groups excluding carboxylic acids is 1. The summed E-state index contributed by atoms with van der Waals surface area (Å²) in [6, 6.07) is 6.38. The van der Waals surface area contributed by atoms with Crippen LogP contribution in [0.2, 0.25) is 5.02 Å². The third-order valence-electron chi connectivity index (χ3n) is 8.40. The van der Waals surface area contributed by atoms with Gasteiger partial charge in [-0.3, -0.25) is 4.90 Å². The lowest BCUT2D eigenvalue weighted by molar-refractivity contribution is 0.209. The highest BCUT2D eigenvalue weighted by molar-refractivity contribution is 6.34. The molecule has 0 bridgehead atoms. The largest absolute Gasteiger partial charge is 0.367 e. The van der Waals surface area contributed by atoms with E-state index in [1.165, 1.54) is 12.8 Å². The lowest BCUT2D eigenvalue weighted by Gasteiger charge is -2.39. The minimum Gasteiger partial charge on any atom is -0.367 e. The summed E-state index contributed by atoms with van der Waals surface area (Å²) in [5.41, 5.74) is 1.74. The molecular weight excluding hydrogens is 464 g/mol. The molecule has 2 aliphatic heterocycles. The smallest absolute Gasteiger partial charge is 0.321 e. The summed E-state index contributed by atoms with van der Waals surface area (Å²) in [6.07, 6.45) is 4.39. The van der Waals surface area contributed by atoms with E-state index >= 15 is 0 Å². The molecule has 2 saturated carbocycles. The molecule has 2 aliphatic carbocycles. The number of amides is 2. The molecule has 8 nitrogen and oxygen atoms in total. The van der Waals surface area contributed by atoms with Gasteiger partial charge in [0.05, 0.1) is 16.4 Å². The van der Waals surface area contributed by atoms with Gasteiger partial charge in [0.1, 0.15) is 0 Å². The number of hydrogen-bond donors (Lipinski definition) is 1. The number of nitrogens with one attached hydrogen (secondary N) is 1. The second-order valence-electron chi connectivity index (χ2n) is 11.0. The molecule has 1 unspecified atom stereocenters. The average Bonchev–Trinajstić information content (AvgIpc) is 3.25. The molecule has 2 aromatic rings. The molecule has 4 fully saturated rings. The van der Waals surface area contributed by atoms with Crippen LogP contribution in [-0.4, -0.2) is 71.3 Å². The average molecular weight is 499 g/mol. The summed E-state index contributed by atoms with van der Waals surface area (Å²) < 4.78 is 5.48. The van der Waals surface area contributed by atoms with E-state index in [1.807, 2.05) is 17.0 Å². The minimum absolute atomic E-state index is 0.0540. The van der Waals surface area contributed by atoms with Crippen molar-refractivity contribution in [3.8, 4) is 0 Å². The Hall–Kier alpha value is -2.32. The first kappa shape index (κ1) is 23.1. The number of anilines is 2. The number of fused-ring (bicyclic) bond motifs is 1. The molecule has 2 saturated heterocycles. The van der Waals surface area contributed by atoms with Crippen molar-refractivity contribution in [2.24, 2.45) is 11.8 Å². The zero-order valence-electron chi connectivity index (χ0n) is 20.6. The van der Waals surface area contributed by atoms with E-state index in [2.05, 4.69) is 45.2 Å². The van der Waals surface area contributed by atoms with Crippen molar-refractivity contribution in [2.45, 2.75) is 57.4 Å². The molecule has 1 aromatic carbocycles. The molecule has 0 radical (unpaired) electrons. The normalized spacial score (nSPS) is 27.0. The van der Waals surface area contributed by atoms with Crippen molar-refractivity contribution >= 4 is 29.0 Å². The maximum atomic E-state index is 13.3. The number of para-hydroxylation sites is 1. The van der Waals surface area contributed by atoms with Crippen molar-refractivity contribution in [1.82, 2.24) is 19.9 Å². The molecule has 35 heavy (non-hydrogen) atoms.